The molecular formula is C19H28N2O3. The number of morpholine rings is 1. The van der Waals surface area contributed by atoms with Gasteiger partial charge in [0.05, 0.1) is 31.4 Å². The molecule has 1 aromatic rings. The van der Waals surface area contributed by atoms with Crippen LogP contribution in [-0.4, -0.2) is 47.9 Å². The predicted octanol–water partition coefficient (Wildman–Crippen LogP) is 2.59. The number of benzene rings is 1. The van der Waals surface area contributed by atoms with E-state index in [4.69, 9.17) is 4.74 Å². The highest BCUT2D eigenvalue weighted by Gasteiger charge is 2.38. The van der Waals surface area contributed by atoms with Crippen LogP contribution < -0.4 is 5.32 Å². The second kappa shape index (κ2) is 6.73. The number of hydrogen-bond donors (Lipinski definition) is 2. The van der Waals surface area contributed by atoms with Gasteiger partial charge in [-0.3, -0.25) is 0 Å². The number of aliphatic hydroxyl groups is 1. The molecule has 1 aliphatic carbocycles. The number of amides is 2. The Balaban J connectivity index is 1.73. The third kappa shape index (κ3) is 3.42. The van der Waals surface area contributed by atoms with Crippen molar-refractivity contribution in [3.8, 4) is 0 Å². The van der Waals surface area contributed by atoms with Gasteiger partial charge in [-0.1, -0.05) is 38.1 Å². The van der Waals surface area contributed by atoms with Gasteiger partial charge in [0.1, 0.15) is 0 Å². The maximum atomic E-state index is 12.8. The summed E-state index contributed by atoms with van der Waals surface area (Å²) in [5, 5.41) is 12.9. The highest BCUT2D eigenvalue weighted by molar-refractivity contribution is 5.75. The van der Waals surface area contributed by atoms with Crippen molar-refractivity contribution in [1.82, 2.24) is 10.2 Å². The number of carbonyl (C=O) groups is 1. The summed E-state index contributed by atoms with van der Waals surface area (Å²) >= 11 is 0. The van der Waals surface area contributed by atoms with Gasteiger partial charge in [0.15, 0.2) is 0 Å². The van der Waals surface area contributed by atoms with E-state index in [9.17, 15) is 9.90 Å². The minimum absolute atomic E-state index is 0.0405. The Hall–Kier alpha value is -1.59. The molecule has 0 aromatic heterocycles. The van der Waals surface area contributed by atoms with E-state index in [0.29, 0.717) is 26.2 Å². The van der Waals surface area contributed by atoms with E-state index in [1.54, 1.807) is 6.92 Å². The average molecular weight is 332 g/mol. The van der Waals surface area contributed by atoms with Crippen molar-refractivity contribution in [2.24, 2.45) is 0 Å². The first-order valence-corrected chi connectivity index (χ1v) is 8.81. The molecular weight excluding hydrogens is 304 g/mol. The van der Waals surface area contributed by atoms with Gasteiger partial charge in [0, 0.05) is 6.54 Å². The van der Waals surface area contributed by atoms with Crippen LogP contribution in [0.2, 0.25) is 0 Å². The number of urea groups is 1. The predicted molar refractivity (Wildman–Crippen MR) is 93.0 cm³/mol. The summed E-state index contributed by atoms with van der Waals surface area (Å²) in [6.45, 7) is 7.81. The van der Waals surface area contributed by atoms with Crippen molar-refractivity contribution in [1.29, 1.82) is 0 Å². The fraction of sp³-hybridized carbons (Fsp3) is 0.632. The van der Waals surface area contributed by atoms with Crippen LogP contribution in [0.3, 0.4) is 0 Å². The van der Waals surface area contributed by atoms with Crippen molar-refractivity contribution in [2.45, 2.75) is 57.2 Å². The maximum absolute atomic E-state index is 12.8. The van der Waals surface area contributed by atoms with Gasteiger partial charge in [-0.15, -0.1) is 0 Å². The summed E-state index contributed by atoms with van der Waals surface area (Å²) in [5.41, 5.74) is 2.60. The Labute approximate surface area is 144 Å². The van der Waals surface area contributed by atoms with Crippen LogP contribution >= 0.6 is 0 Å². The van der Waals surface area contributed by atoms with Crippen LogP contribution in [0.4, 0.5) is 4.79 Å². The molecule has 0 saturated carbocycles. The molecule has 2 N–H and O–H groups in total. The SMILES string of the molecule is CC(O)CC1COCCN1C(=O)NC1CC(C)(C)c2ccccc21. The highest BCUT2D eigenvalue weighted by atomic mass is 16.5. The molecule has 3 rings (SSSR count). The molecule has 3 atom stereocenters. The van der Waals surface area contributed by atoms with E-state index in [1.807, 2.05) is 11.0 Å². The van der Waals surface area contributed by atoms with Gasteiger partial charge in [0.2, 0.25) is 0 Å². The molecule has 2 amide bonds. The molecule has 1 heterocycles. The molecule has 1 aromatic carbocycles. The van der Waals surface area contributed by atoms with E-state index in [-0.39, 0.29) is 23.5 Å². The van der Waals surface area contributed by atoms with Gasteiger partial charge < -0.3 is 20.1 Å². The van der Waals surface area contributed by atoms with E-state index in [0.717, 1.165) is 6.42 Å². The molecule has 132 valence electrons. The highest BCUT2D eigenvalue weighted by Crippen LogP contribution is 2.44. The summed E-state index contributed by atoms with van der Waals surface area (Å²) < 4.78 is 5.49. The Morgan fingerprint density at radius 3 is 2.96 bits per heavy atom. The molecule has 5 heteroatoms. The molecule has 0 radical (unpaired) electrons. The summed E-state index contributed by atoms with van der Waals surface area (Å²) in [7, 11) is 0. The second-order valence-corrected chi connectivity index (χ2v) is 7.68. The molecule has 0 bridgehead atoms. The third-order valence-corrected chi connectivity index (χ3v) is 5.18. The van der Waals surface area contributed by atoms with Gasteiger partial charge >= 0.3 is 6.03 Å². The number of nitrogens with zero attached hydrogens (tertiary/aromatic N) is 1. The van der Waals surface area contributed by atoms with Crippen molar-refractivity contribution < 1.29 is 14.6 Å². The normalized spacial score (nSPS) is 26.8. The van der Waals surface area contributed by atoms with Gasteiger partial charge in [-0.05, 0) is 36.3 Å². The lowest BCUT2D eigenvalue weighted by Crippen LogP contribution is -2.53. The van der Waals surface area contributed by atoms with Crippen LogP contribution in [0, 0.1) is 0 Å². The van der Waals surface area contributed by atoms with Crippen LogP contribution in [0.1, 0.15) is 50.8 Å². The Kier molecular flexibility index (Phi) is 4.83. The first-order chi connectivity index (χ1) is 11.4. The number of fused-ring (bicyclic) bond motifs is 1. The van der Waals surface area contributed by atoms with Crippen LogP contribution in [0.25, 0.3) is 0 Å². The maximum Gasteiger partial charge on any atom is 0.318 e. The number of hydrogen-bond acceptors (Lipinski definition) is 3. The number of ether oxygens (including phenoxy) is 1. The smallest absolute Gasteiger partial charge is 0.318 e. The molecule has 2 aliphatic rings. The van der Waals surface area contributed by atoms with E-state index in [2.05, 4.69) is 37.4 Å². The van der Waals surface area contributed by atoms with Crippen molar-refractivity contribution in [3.63, 3.8) is 0 Å². The topological polar surface area (TPSA) is 61.8 Å². The minimum Gasteiger partial charge on any atom is -0.393 e. The lowest BCUT2D eigenvalue weighted by Gasteiger charge is -2.37. The Bertz CT molecular complexity index is 600. The zero-order valence-electron chi connectivity index (χ0n) is 14.8. The summed E-state index contributed by atoms with van der Waals surface area (Å²) in [5.74, 6) is 0. The van der Waals surface area contributed by atoms with Crippen molar-refractivity contribution in [3.05, 3.63) is 35.4 Å². The number of aliphatic hydroxyl groups excluding tert-OH is 1. The zero-order valence-corrected chi connectivity index (χ0v) is 14.8. The molecule has 1 fully saturated rings. The van der Waals surface area contributed by atoms with E-state index < -0.39 is 6.10 Å². The largest absolute Gasteiger partial charge is 0.393 e. The Morgan fingerprint density at radius 2 is 2.21 bits per heavy atom. The molecule has 5 nitrogen and oxygen atoms in total. The monoisotopic (exact) mass is 332 g/mol. The number of carbonyl (C=O) groups excluding carboxylic acids is 1. The first-order valence-electron chi connectivity index (χ1n) is 8.81. The van der Waals surface area contributed by atoms with Crippen LogP contribution in [0.5, 0.6) is 0 Å². The molecule has 24 heavy (non-hydrogen) atoms. The zero-order chi connectivity index (χ0) is 17.3. The second-order valence-electron chi connectivity index (χ2n) is 7.68. The average Bonchev–Trinajstić information content (AvgIpc) is 2.78. The standard InChI is InChI=1S/C19H28N2O3/c1-13(22)10-14-12-24-9-8-21(14)18(23)20-17-11-19(2,3)16-7-5-4-6-15(16)17/h4-7,13-14,17,22H,8-12H2,1-3H3,(H,20,23). The van der Waals surface area contributed by atoms with Gasteiger partial charge in [-0.25, -0.2) is 4.79 Å². The van der Waals surface area contributed by atoms with Gasteiger partial charge in [0.25, 0.3) is 0 Å². The van der Waals surface area contributed by atoms with Crippen LogP contribution in [0.15, 0.2) is 24.3 Å². The lowest BCUT2D eigenvalue weighted by molar-refractivity contribution is -0.00488. The lowest BCUT2D eigenvalue weighted by atomic mass is 9.86. The van der Waals surface area contributed by atoms with E-state index in [1.165, 1.54) is 11.1 Å². The Morgan fingerprint density at radius 1 is 1.46 bits per heavy atom. The van der Waals surface area contributed by atoms with Gasteiger partial charge in [-0.2, -0.15) is 0 Å². The number of nitrogens with one attached hydrogen (secondary N) is 1. The first kappa shape index (κ1) is 17.2. The fourth-order valence-corrected chi connectivity index (χ4v) is 4.02. The summed E-state index contributed by atoms with van der Waals surface area (Å²) in [4.78, 5) is 14.7. The van der Waals surface area contributed by atoms with Crippen molar-refractivity contribution in [2.75, 3.05) is 19.8 Å². The van der Waals surface area contributed by atoms with Crippen molar-refractivity contribution >= 4 is 6.03 Å². The molecule has 1 saturated heterocycles. The van der Waals surface area contributed by atoms with E-state index >= 15 is 0 Å². The minimum atomic E-state index is -0.446. The quantitative estimate of drug-likeness (QED) is 0.894. The molecule has 0 spiro atoms. The molecule has 1 aliphatic heterocycles. The fourth-order valence-electron chi connectivity index (χ4n) is 4.02. The molecule has 3 unspecified atom stereocenters. The van der Waals surface area contributed by atoms with Crippen LogP contribution in [-0.2, 0) is 10.2 Å². The summed E-state index contributed by atoms with van der Waals surface area (Å²) in [6, 6.07) is 8.28. The number of rotatable bonds is 3. The third-order valence-electron chi connectivity index (χ3n) is 5.18. The summed E-state index contributed by atoms with van der Waals surface area (Å²) in [6.07, 6.45) is 1.00.